The molecule has 0 fully saturated rings. The topological polar surface area (TPSA) is 80.3 Å². The molecule has 0 bridgehead atoms. The van der Waals surface area contributed by atoms with E-state index in [1.54, 1.807) is 12.1 Å². The van der Waals surface area contributed by atoms with E-state index < -0.39 is 17.8 Å². The van der Waals surface area contributed by atoms with Gasteiger partial charge in [0.25, 0.3) is 5.91 Å². The first-order valence-corrected chi connectivity index (χ1v) is 8.62. The Hall–Kier alpha value is -3.10. The van der Waals surface area contributed by atoms with Crippen molar-refractivity contribution in [2.45, 2.75) is 25.9 Å². The Labute approximate surface area is 159 Å². The number of anilines is 1. The van der Waals surface area contributed by atoms with Gasteiger partial charge in [-0.3, -0.25) is 9.59 Å². The molecule has 1 aromatic carbocycles. The molecule has 2 N–H and O–H groups in total. The number of hydrogen-bond donors (Lipinski definition) is 2. The van der Waals surface area contributed by atoms with E-state index >= 15 is 0 Å². The van der Waals surface area contributed by atoms with Gasteiger partial charge in [0.1, 0.15) is 18.1 Å². The van der Waals surface area contributed by atoms with Crippen LogP contribution in [0.1, 0.15) is 33.7 Å². The highest BCUT2D eigenvalue weighted by atomic mass is 19.4. The minimum atomic E-state index is -4.55. The van der Waals surface area contributed by atoms with Crippen LogP contribution < -0.4 is 15.4 Å². The summed E-state index contributed by atoms with van der Waals surface area (Å²) in [6.07, 6.45) is -3.49. The van der Waals surface area contributed by atoms with Crippen LogP contribution in [0.5, 0.6) is 5.75 Å². The predicted octanol–water partition coefficient (Wildman–Crippen LogP) is 3.10. The molecule has 0 radical (unpaired) electrons. The molecular weight excluding hydrogens is 375 g/mol. The summed E-state index contributed by atoms with van der Waals surface area (Å²) in [5, 5.41) is 5.37. The molecule has 0 saturated heterocycles. The number of carbonyl (C=O) groups is 2. The number of aryl methyl sites for hydroxylation is 2. The maximum absolute atomic E-state index is 12.6. The van der Waals surface area contributed by atoms with Crippen LogP contribution >= 0.6 is 0 Å². The van der Waals surface area contributed by atoms with E-state index in [1.807, 2.05) is 6.07 Å². The third-order valence-electron chi connectivity index (χ3n) is 4.25. The predicted molar refractivity (Wildman–Crippen MR) is 95.2 cm³/mol. The van der Waals surface area contributed by atoms with E-state index in [9.17, 15) is 22.8 Å². The number of hydrogen-bond acceptors (Lipinski definition) is 4. The minimum Gasteiger partial charge on any atom is -0.492 e. The summed E-state index contributed by atoms with van der Waals surface area (Å²) in [7, 11) is 0. The number of ether oxygens (including phenoxy) is 1. The molecule has 1 aliphatic heterocycles. The standard InChI is InChI=1S/C19H18F3N3O3/c1-11-14(4-6-16(24-11)19(20,21)22)18(27)23-8-9-28-13-3-5-15-12(10-13)2-7-17(26)25-15/h3-6,10H,2,7-9H2,1H3,(H,23,27)(H,25,26). The van der Waals surface area contributed by atoms with Gasteiger partial charge in [0.05, 0.1) is 17.8 Å². The first-order chi connectivity index (χ1) is 13.2. The highest BCUT2D eigenvalue weighted by Gasteiger charge is 2.33. The average molecular weight is 393 g/mol. The fourth-order valence-electron chi connectivity index (χ4n) is 2.84. The second-order valence-corrected chi connectivity index (χ2v) is 6.30. The molecule has 0 aliphatic carbocycles. The summed E-state index contributed by atoms with van der Waals surface area (Å²) in [6.45, 7) is 1.71. The van der Waals surface area contributed by atoms with Crippen LogP contribution in [-0.2, 0) is 17.4 Å². The third kappa shape index (κ3) is 4.59. The van der Waals surface area contributed by atoms with Gasteiger partial charge in [-0.05, 0) is 49.2 Å². The van der Waals surface area contributed by atoms with Crippen LogP contribution in [0.15, 0.2) is 30.3 Å². The van der Waals surface area contributed by atoms with Crippen LogP contribution in [0, 0.1) is 6.92 Å². The Kier molecular flexibility index (Phi) is 5.53. The summed E-state index contributed by atoms with van der Waals surface area (Å²) in [4.78, 5) is 26.9. The zero-order chi connectivity index (χ0) is 20.3. The number of carbonyl (C=O) groups excluding carboxylic acids is 2. The summed E-state index contributed by atoms with van der Waals surface area (Å²) in [5.41, 5.74) is 0.797. The molecular formula is C19H18F3N3O3. The number of rotatable bonds is 5. The highest BCUT2D eigenvalue weighted by molar-refractivity contribution is 5.95. The van der Waals surface area contributed by atoms with Gasteiger partial charge >= 0.3 is 6.18 Å². The number of alkyl halides is 3. The lowest BCUT2D eigenvalue weighted by atomic mass is 10.0. The monoisotopic (exact) mass is 393 g/mol. The molecule has 0 spiro atoms. The largest absolute Gasteiger partial charge is 0.492 e. The van der Waals surface area contributed by atoms with Crippen molar-refractivity contribution in [2.24, 2.45) is 0 Å². The van der Waals surface area contributed by atoms with Crippen molar-refractivity contribution in [3.8, 4) is 5.75 Å². The zero-order valence-corrected chi connectivity index (χ0v) is 15.0. The SMILES string of the molecule is Cc1nc(C(F)(F)F)ccc1C(=O)NCCOc1ccc2c(c1)CCC(=O)N2. The van der Waals surface area contributed by atoms with E-state index in [-0.39, 0.29) is 30.3 Å². The number of aromatic nitrogens is 1. The van der Waals surface area contributed by atoms with Gasteiger partial charge in [-0.15, -0.1) is 0 Å². The van der Waals surface area contributed by atoms with E-state index in [0.29, 0.717) is 18.6 Å². The number of nitrogens with one attached hydrogen (secondary N) is 2. The lowest BCUT2D eigenvalue weighted by molar-refractivity contribution is -0.141. The van der Waals surface area contributed by atoms with Crippen LogP contribution in [0.2, 0.25) is 0 Å². The number of halogens is 3. The normalized spacial score (nSPS) is 13.5. The maximum Gasteiger partial charge on any atom is 0.433 e. The second kappa shape index (κ2) is 7.87. The molecule has 6 nitrogen and oxygen atoms in total. The van der Waals surface area contributed by atoms with E-state index in [0.717, 1.165) is 23.4 Å². The van der Waals surface area contributed by atoms with E-state index in [2.05, 4.69) is 15.6 Å². The number of nitrogens with zero attached hydrogens (tertiary/aromatic N) is 1. The summed E-state index contributed by atoms with van der Waals surface area (Å²) in [5.74, 6) is 0.0731. The lowest BCUT2D eigenvalue weighted by Crippen LogP contribution is -2.29. The van der Waals surface area contributed by atoms with Crippen molar-refractivity contribution in [3.63, 3.8) is 0 Å². The lowest BCUT2D eigenvalue weighted by Gasteiger charge is -2.17. The van der Waals surface area contributed by atoms with Gasteiger partial charge < -0.3 is 15.4 Å². The van der Waals surface area contributed by atoms with Crippen LogP contribution in [0.3, 0.4) is 0 Å². The fourth-order valence-corrected chi connectivity index (χ4v) is 2.84. The number of fused-ring (bicyclic) bond motifs is 1. The Morgan fingerprint density at radius 2 is 2.04 bits per heavy atom. The van der Waals surface area contributed by atoms with Gasteiger partial charge in [0.15, 0.2) is 0 Å². The number of amides is 2. The fraction of sp³-hybridized carbons (Fsp3) is 0.316. The summed E-state index contributed by atoms with van der Waals surface area (Å²) >= 11 is 0. The highest BCUT2D eigenvalue weighted by Crippen LogP contribution is 2.28. The average Bonchev–Trinajstić information content (AvgIpc) is 2.64. The van der Waals surface area contributed by atoms with Crippen molar-refractivity contribution in [1.82, 2.24) is 10.3 Å². The molecule has 9 heteroatoms. The van der Waals surface area contributed by atoms with Gasteiger partial charge in [0.2, 0.25) is 5.91 Å². The Morgan fingerprint density at radius 3 is 2.75 bits per heavy atom. The minimum absolute atomic E-state index is 0.00461. The molecule has 0 saturated carbocycles. The Morgan fingerprint density at radius 1 is 1.25 bits per heavy atom. The summed E-state index contributed by atoms with van der Waals surface area (Å²) < 4.78 is 43.5. The van der Waals surface area contributed by atoms with Crippen LogP contribution in [0.25, 0.3) is 0 Å². The molecule has 0 unspecified atom stereocenters. The second-order valence-electron chi connectivity index (χ2n) is 6.30. The van der Waals surface area contributed by atoms with Gasteiger partial charge in [-0.1, -0.05) is 0 Å². The maximum atomic E-state index is 12.6. The smallest absolute Gasteiger partial charge is 0.433 e. The molecule has 3 rings (SSSR count). The van der Waals surface area contributed by atoms with Crippen molar-refractivity contribution >= 4 is 17.5 Å². The molecule has 28 heavy (non-hydrogen) atoms. The molecule has 2 heterocycles. The third-order valence-corrected chi connectivity index (χ3v) is 4.25. The molecule has 1 aliphatic rings. The quantitative estimate of drug-likeness (QED) is 0.765. The van der Waals surface area contributed by atoms with E-state index in [4.69, 9.17) is 4.74 Å². The van der Waals surface area contributed by atoms with Crippen LogP contribution in [0.4, 0.5) is 18.9 Å². The number of pyridine rings is 1. The molecule has 148 valence electrons. The van der Waals surface area contributed by atoms with Gasteiger partial charge in [-0.2, -0.15) is 13.2 Å². The van der Waals surface area contributed by atoms with Crippen molar-refractivity contribution in [2.75, 3.05) is 18.5 Å². The molecule has 2 amide bonds. The Bertz CT molecular complexity index is 913. The van der Waals surface area contributed by atoms with Crippen molar-refractivity contribution in [1.29, 1.82) is 0 Å². The molecule has 2 aromatic rings. The first-order valence-electron chi connectivity index (χ1n) is 8.62. The van der Waals surface area contributed by atoms with E-state index in [1.165, 1.54) is 6.92 Å². The zero-order valence-electron chi connectivity index (χ0n) is 15.0. The summed E-state index contributed by atoms with van der Waals surface area (Å²) in [6, 6.07) is 7.21. The van der Waals surface area contributed by atoms with Crippen molar-refractivity contribution < 1.29 is 27.5 Å². The Balaban J connectivity index is 1.52. The van der Waals surface area contributed by atoms with Crippen LogP contribution in [-0.4, -0.2) is 29.9 Å². The first kappa shape index (κ1) is 19.7. The van der Waals surface area contributed by atoms with Gasteiger partial charge in [-0.25, -0.2) is 4.98 Å². The van der Waals surface area contributed by atoms with Crippen molar-refractivity contribution in [3.05, 3.63) is 52.8 Å². The van der Waals surface area contributed by atoms with Gasteiger partial charge in [0, 0.05) is 12.1 Å². The molecule has 0 atom stereocenters. The molecule has 1 aromatic heterocycles. The number of benzene rings is 1.